The third-order valence-corrected chi connectivity index (χ3v) is 3.38. The van der Waals surface area contributed by atoms with Crippen LogP contribution in [0.1, 0.15) is 30.8 Å². The van der Waals surface area contributed by atoms with Crippen molar-refractivity contribution in [2.45, 2.75) is 25.9 Å². The lowest BCUT2D eigenvalue weighted by Crippen LogP contribution is -2.31. The Bertz CT molecular complexity index is 583. The number of nitrogens with two attached hydrogens (primary N) is 1. The van der Waals surface area contributed by atoms with Gasteiger partial charge in [-0.05, 0) is 24.6 Å². The Morgan fingerprint density at radius 3 is 2.76 bits per heavy atom. The number of rotatable bonds is 7. The summed E-state index contributed by atoms with van der Waals surface area (Å²) in [6, 6.07) is 5.37. The van der Waals surface area contributed by atoms with Crippen LogP contribution in [-0.4, -0.2) is 23.8 Å². The summed E-state index contributed by atoms with van der Waals surface area (Å²) in [5.74, 6) is 8.12. The van der Waals surface area contributed by atoms with Crippen molar-refractivity contribution in [2.75, 3.05) is 14.2 Å². The number of nitrogens with one attached hydrogen (secondary N) is 1. The number of hydrogen-bond donors (Lipinski definition) is 2. The normalized spacial score (nSPS) is 12.2. The molecule has 0 spiro atoms. The predicted molar refractivity (Wildman–Crippen MR) is 81.2 cm³/mol. The molecule has 0 radical (unpaired) electrons. The average molecular weight is 290 g/mol. The van der Waals surface area contributed by atoms with E-state index in [-0.39, 0.29) is 6.04 Å². The summed E-state index contributed by atoms with van der Waals surface area (Å²) in [6.45, 7) is 3.01. The fraction of sp³-hybridized carbons (Fsp3) is 0.400. The van der Waals surface area contributed by atoms with Crippen LogP contribution < -0.4 is 20.7 Å². The van der Waals surface area contributed by atoms with Gasteiger partial charge in [-0.1, -0.05) is 6.92 Å². The molecule has 2 aromatic rings. The molecule has 0 aliphatic rings. The van der Waals surface area contributed by atoms with Gasteiger partial charge in [0.1, 0.15) is 23.4 Å². The number of aryl methyl sites for hydroxylation is 1. The molecule has 1 atom stereocenters. The van der Waals surface area contributed by atoms with E-state index < -0.39 is 0 Å². The van der Waals surface area contributed by atoms with Gasteiger partial charge < -0.3 is 14.0 Å². The molecule has 0 amide bonds. The minimum atomic E-state index is -0.267. The fourth-order valence-electron chi connectivity index (χ4n) is 2.38. The van der Waals surface area contributed by atoms with E-state index in [0.29, 0.717) is 0 Å². The van der Waals surface area contributed by atoms with Gasteiger partial charge >= 0.3 is 0 Å². The highest BCUT2D eigenvalue weighted by Gasteiger charge is 2.22. The minimum absolute atomic E-state index is 0.267. The number of ether oxygens (including phenoxy) is 2. The maximum atomic E-state index is 5.78. The van der Waals surface area contributed by atoms with Crippen molar-refractivity contribution in [3.63, 3.8) is 0 Å². The Hall–Kier alpha value is -2.05. The summed E-state index contributed by atoms with van der Waals surface area (Å²) >= 11 is 0. The molecule has 21 heavy (non-hydrogen) atoms. The molecule has 1 aromatic heterocycles. The number of hydrogen-bond acceptors (Lipinski definition) is 5. The topological polar surface area (TPSA) is 74.3 Å². The summed E-state index contributed by atoms with van der Waals surface area (Å²) in [5.41, 5.74) is 3.72. The summed E-state index contributed by atoms with van der Waals surface area (Å²) in [5, 5.41) is 0. The molecule has 0 saturated carbocycles. The van der Waals surface area contributed by atoms with Gasteiger partial charge in [-0.25, -0.2) is 10.4 Å². The molecule has 0 aliphatic carbocycles. The molecule has 0 fully saturated rings. The molecule has 6 heteroatoms. The zero-order valence-corrected chi connectivity index (χ0v) is 12.7. The van der Waals surface area contributed by atoms with Crippen molar-refractivity contribution in [3.05, 3.63) is 42.0 Å². The Morgan fingerprint density at radius 2 is 2.14 bits per heavy atom. The molecule has 1 aromatic carbocycles. The number of imidazole rings is 1. The van der Waals surface area contributed by atoms with Crippen LogP contribution in [0, 0.1) is 0 Å². The molecule has 114 valence electrons. The first-order chi connectivity index (χ1) is 10.2. The lowest BCUT2D eigenvalue weighted by molar-refractivity contribution is 0.392. The van der Waals surface area contributed by atoms with E-state index in [1.807, 2.05) is 24.4 Å². The van der Waals surface area contributed by atoms with Gasteiger partial charge in [0, 0.05) is 24.5 Å². The standard InChI is InChI=1S/C15H22N4O2/c1-4-8-19-9-7-17-15(19)14(18-16)12-10-11(20-2)5-6-13(12)21-3/h5-7,9-10,14,18H,4,8,16H2,1-3H3. The van der Waals surface area contributed by atoms with Crippen LogP contribution in [0.5, 0.6) is 11.5 Å². The van der Waals surface area contributed by atoms with Gasteiger partial charge in [0.25, 0.3) is 0 Å². The van der Waals surface area contributed by atoms with Gasteiger partial charge in [0.15, 0.2) is 0 Å². The van der Waals surface area contributed by atoms with Crippen molar-refractivity contribution in [1.82, 2.24) is 15.0 Å². The average Bonchev–Trinajstić information content (AvgIpc) is 2.96. The quantitative estimate of drug-likeness (QED) is 0.601. The van der Waals surface area contributed by atoms with Gasteiger partial charge in [-0.3, -0.25) is 5.84 Å². The Balaban J connectivity index is 2.47. The molecule has 0 bridgehead atoms. The molecule has 2 rings (SSSR count). The highest BCUT2D eigenvalue weighted by Crippen LogP contribution is 2.32. The van der Waals surface area contributed by atoms with Crippen LogP contribution in [-0.2, 0) is 6.54 Å². The van der Waals surface area contributed by atoms with Gasteiger partial charge in [-0.15, -0.1) is 0 Å². The number of benzene rings is 1. The van der Waals surface area contributed by atoms with E-state index in [0.717, 1.165) is 35.9 Å². The Morgan fingerprint density at radius 1 is 1.33 bits per heavy atom. The van der Waals surface area contributed by atoms with Crippen molar-refractivity contribution < 1.29 is 9.47 Å². The number of aromatic nitrogens is 2. The van der Waals surface area contributed by atoms with Crippen molar-refractivity contribution in [3.8, 4) is 11.5 Å². The van der Waals surface area contributed by atoms with Crippen molar-refractivity contribution >= 4 is 0 Å². The summed E-state index contributed by atoms with van der Waals surface area (Å²) in [7, 11) is 3.27. The van der Waals surface area contributed by atoms with Gasteiger partial charge in [-0.2, -0.15) is 0 Å². The smallest absolute Gasteiger partial charge is 0.131 e. The second kappa shape index (κ2) is 7.10. The van der Waals surface area contributed by atoms with Crippen molar-refractivity contribution in [1.29, 1.82) is 0 Å². The molecular weight excluding hydrogens is 268 g/mol. The summed E-state index contributed by atoms with van der Waals surface area (Å²) in [6.07, 6.45) is 4.76. The molecular formula is C15H22N4O2. The first kappa shape index (κ1) is 15.3. The minimum Gasteiger partial charge on any atom is -0.497 e. The Labute approximate surface area is 124 Å². The van der Waals surface area contributed by atoms with E-state index in [2.05, 4.69) is 21.9 Å². The molecule has 1 heterocycles. The maximum Gasteiger partial charge on any atom is 0.131 e. The van der Waals surface area contributed by atoms with E-state index in [1.165, 1.54) is 0 Å². The lowest BCUT2D eigenvalue weighted by Gasteiger charge is -2.20. The molecule has 6 nitrogen and oxygen atoms in total. The van der Waals surface area contributed by atoms with Crippen LogP contribution in [0.4, 0.5) is 0 Å². The number of methoxy groups -OCH3 is 2. The second-order valence-corrected chi connectivity index (χ2v) is 4.69. The third-order valence-electron chi connectivity index (χ3n) is 3.38. The Kier molecular flexibility index (Phi) is 5.19. The van der Waals surface area contributed by atoms with Crippen LogP contribution in [0.2, 0.25) is 0 Å². The van der Waals surface area contributed by atoms with Crippen LogP contribution in [0.25, 0.3) is 0 Å². The highest BCUT2D eigenvalue weighted by molar-refractivity contribution is 5.44. The molecule has 1 unspecified atom stereocenters. The maximum absolute atomic E-state index is 5.78. The first-order valence-electron chi connectivity index (χ1n) is 6.94. The SMILES string of the molecule is CCCn1ccnc1C(NN)c1cc(OC)ccc1OC. The van der Waals surface area contributed by atoms with Crippen LogP contribution >= 0.6 is 0 Å². The highest BCUT2D eigenvalue weighted by atomic mass is 16.5. The summed E-state index contributed by atoms with van der Waals surface area (Å²) < 4.78 is 12.8. The predicted octanol–water partition coefficient (Wildman–Crippen LogP) is 1.86. The molecule has 3 N–H and O–H groups in total. The van der Waals surface area contributed by atoms with E-state index in [1.54, 1.807) is 20.4 Å². The third kappa shape index (κ3) is 3.17. The van der Waals surface area contributed by atoms with Gasteiger partial charge in [0.05, 0.1) is 14.2 Å². The number of hydrazine groups is 1. The summed E-state index contributed by atoms with van der Waals surface area (Å²) in [4.78, 5) is 4.44. The molecule has 0 saturated heterocycles. The second-order valence-electron chi connectivity index (χ2n) is 4.69. The zero-order chi connectivity index (χ0) is 15.2. The van der Waals surface area contributed by atoms with Gasteiger partial charge in [0.2, 0.25) is 0 Å². The first-order valence-corrected chi connectivity index (χ1v) is 6.94. The largest absolute Gasteiger partial charge is 0.497 e. The fourth-order valence-corrected chi connectivity index (χ4v) is 2.38. The van der Waals surface area contributed by atoms with E-state index >= 15 is 0 Å². The number of nitrogens with zero attached hydrogens (tertiary/aromatic N) is 2. The van der Waals surface area contributed by atoms with Crippen LogP contribution in [0.3, 0.4) is 0 Å². The van der Waals surface area contributed by atoms with Crippen molar-refractivity contribution in [2.24, 2.45) is 5.84 Å². The zero-order valence-electron chi connectivity index (χ0n) is 12.7. The monoisotopic (exact) mass is 290 g/mol. The lowest BCUT2D eigenvalue weighted by atomic mass is 10.0. The van der Waals surface area contributed by atoms with Crippen LogP contribution in [0.15, 0.2) is 30.6 Å². The van der Waals surface area contributed by atoms with E-state index in [9.17, 15) is 0 Å². The van der Waals surface area contributed by atoms with E-state index in [4.69, 9.17) is 15.3 Å². The molecule has 0 aliphatic heterocycles.